The summed E-state index contributed by atoms with van der Waals surface area (Å²) < 4.78 is 5.51. The van der Waals surface area contributed by atoms with Gasteiger partial charge in [0.2, 0.25) is 0 Å². The normalized spacial score (nSPS) is 17.1. The monoisotopic (exact) mass is 282 g/mol. The van der Waals surface area contributed by atoms with E-state index in [4.69, 9.17) is 24.5 Å². The van der Waals surface area contributed by atoms with Crippen LogP contribution in [0.3, 0.4) is 0 Å². The van der Waals surface area contributed by atoms with E-state index in [1.54, 1.807) is 6.20 Å². The summed E-state index contributed by atoms with van der Waals surface area (Å²) >= 11 is 0. The van der Waals surface area contributed by atoms with E-state index < -0.39 is 11.9 Å². The molecule has 2 rings (SSSR count). The van der Waals surface area contributed by atoms with Gasteiger partial charge in [-0.3, -0.25) is 4.98 Å². The van der Waals surface area contributed by atoms with Crippen molar-refractivity contribution in [3.05, 3.63) is 30.1 Å². The quantitative estimate of drug-likeness (QED) is 0.690. The molecule has 1 unspecified atom stereocenters. The van der Waals surface area contributed by atoms with Crippen LogP contribution in [0.1, 0.15) is 18.4 Å². The molecule has 7 heteroatoms. The Labute approximate surface area is 116 Å². The van der Waals surface area contributed by atoms with Crippen molar-refractivity contribution < 1.29 is 24.5 Å². The maximum atomic E-state index is 9.10. The van der Waals surface area contributed by atoms with Gasteiger partial charge in [-0.05, 0) is 24.5 Å². The molecule has 0 aromatic carbocycles. The zero-order valence-electron chi connectivity index (χ0n) is 11.0. The molecule has 0 bridgehead atoms. The third kappa shape index (κ3) is 6.81. The predicted molar refractivity (Wildman–Crippen MR) is 70.2 cm³/mol. The molecule has 0 saturated carbocycles. The molecule has 0 aliphatic carbocycles. The first kappa shape index (κ1) is 16.1. The third-order valence-corrected chi connectivity index (χ3v) is 2.63. The van der Waals surface area contributed by atoms with Gasteiger partial charge in [-0.15, -0.1) is 0 Å². The topological polar surface area (TPSA) is 109 Å². The molecule has 0 amide bonds. The molecule has 0 spiro atoms. The van der Waals surface area contributed by atoms with Gasteiger partial charge in [-0.1, -0.05) is 6.07 Å². The summed E-state index contributed by atoms with van der Waals surface area (Å²) in [6.45, 7) is 2.77. The van der Waals surface area contributed by atoms with Crippen molar-refractivity contribution in [3.63, 3.8) is 0 Å². The summed E-state index contributed by atoms with van der Waals surface area (Å²) in [5.74, 6) is -3.65. The smallest absolute Gasteiger partial charge is 0.414 e. The van der Waals surface area contributed by atoms with E-state index in [0.29, 0.717) is 6.10 Å². The van der Waals surface area contributed by atoms with Gasteiger partial charge in [0, 0.05) is 32.1 Å². The van der Waals surface area contributed by atoms with Crippen molar-refractivity contribution in [1.29, 1.82) is 0 Å². The Bertz CT molecular complexity index is 406. The number of ether oxygens (including phenoxy) is 1. The lowest BCUT2D eigenvalue weighted by Crippen LogP contribution is -2.25. The number of nitrogens with one attached hydrogen (secondary N) is 1. The molecule has 1 atom stereocenters. The number of aromatic nitrogens is 1. The SMILES string of the molecule is O=C(O)C(=O)O.c1cncc(CNCC2CCCO2)c1. The van der Waals surface area contributed by atoms with Crippen LogP contribution in [-0.4, -0.2) is 46.4 Å². The minimum atomic E-state index is -1.82. The number of nitrogens with zero attached hydrogens (tertiary/aromatic N) is 1. The lowest BCUT2D eigenvalue weighted by atomic mass is 10.2. The van der Waals surface area contributed by atoms with E-state index in [1.165, 1.54) is 18.4 Å². The van der Waals surface area contributed by atoms with E-state index in [0.717, 1.165) is 19.7 Å². The van der Waals surface area contributed by atoms with E-state index >= 15 is 0 Å². The summed E-state index contributed by atoms with van der Waals surface area (Å²) in [5, 5.41) is 18.2. The maximum Gasteiger partial charge on any atom is 0.414 e. The summed E-state index contributed by atoms with van der Waals surface area (Å²) in [5.41, 5.74) is 1.23. The van der Waals surface area contributed by atoms with Gasteiger partial charge in [-0.25, -0.2) is 9.59 Å². The van der Waals surface area contributed by atoms with Crippen molar-refractivity contribution in [1.82, 2.24) is 10.3 Å². The minimum Gasteiger partial charge on any atom is -0.473 e. The summed E-state index contributed by atoms with van der Waals surface area (Å²) in [4.78, 5) is 22.3. The van der Waals surface area contributed by atoms with Gasteiger partial charge in [0.05, 0.1) is 6.10 Å². The first-order chi connectivity index (χ1) is 9.59. The van der Waals surface area contributed by atoms with Gasteiger partial charge < -0.3 is 20.3 Å². The second kappa shape index (κ2) is 9.00. The van der Waals surface area contributed by atoms with Crippen molar-refractivity contribution in [3.8, 4) is 0 Å². The standard InChI is InChI=1S/C11H16N2O.C2H2O4/c1-3-10(7-12-5-1)8-13-9-11-4-2-6-14-11;3-1(4)2(5)6/h1,3,5,7,11,13H,2,4,6,8-9H2;(H,3,4)(H,5,6). The van der Waals surface area contributed by atoms with Crippen LogP contribution < -0.4 is 5.32 Å². The van der Waals surface area contributed by atoms with Crippen LogP contribution in [0.25, 0.3) is 0 Å². The molecular weight excluding hydrogens is 264 g/mol. The van der Waals surface area contributed by atoms with Crippen LogP contribution in [0.5, 0.6) is 0 Å². The molecule has 1 aromatic heterocycles. The molecule has 2 heterocycles. The molecule has 3 N–H and O–H groups in total. The molecule has 7 nitrogen and oxygen atoms in total. The minimum absolute atomic E-state index is 0.423. The third-order valence-electron chi connectivity index (χ3n) is 2.63. The Hall–Kier alpha value is -1.99. The average Bonchev–Trinajstić information content (AvgIpc) is 2.94. The summed E-state index contributed by atoms with van der Waals surface area (Å²) in [6.07, 6.45) is 6.51. The van der Waals surface area contributed by atoms with Crippen LogP contribution in [0.4, 0.5) is 0 Å². The van der Waals surface area contributed by atoms with Crippen molar-refractivity contribution in [2.24, 2.45) is 0 Å². The van der Waals surface area contributed by atoms with Gasteiger partial charge in [0.15, 0.2) is 0 Å². The Balaban J connectivity index is 0.000000286. The summed E-state index contributed by atoms with van der Waals surface area (Å²) in [7, 11) is 0. The number of rotatable bonds is 4. The number of carboxylic acid groups (broad SMARTS) is 2. The first-order valence-corrected chi connectivity index (χ1v) is 6.27. The fraction of sp³-hybridized carbons (Fsp3) is 0.462. The van der Waals surface area contributed by atoms with Crippen molar-refractivity contribution in [2.75, 3.05) is 13.2 Å². The zero-order valence-corrected chi connectivity index (χ0v) is 11.0. The van der Waals surface area contributed by atoms with Gasteiger partial charge >= 0.3 is 11.9 Å². The van der Waals surface area contributed by atoms with Crippen LogP contribution in [0.15, 0.2) is 24.5 Å². The van der Waals surface area contributed by atoms with Crippen LogP contribution in [0.2, 0.25) is 0 Å². The number of hydrogen-bond acceptors (Lipinski definition) is 5. The molecular formula is C13H18N2O5. The van der Waals surface area contributed by atoms with Gasteiger partial charge in [0.1, 0.15) is 0 Å². The fourth-order valence-electron chi connectivity index (χ4n) is 1.69. The van der Waals surface area contributed by atoms with Gasteiger partial charge in [-0.2, -0.15) is 0 Å². The van der Waals surface area contributed by atoms with Crippen molar-refractivity contribution >= 4 is 11.9 Å². The molecule has 20 heavy (non-hydrogen) atoms. The Kier molecular flexibility index (Phi) is 7.23. The Morgan fingerprint density at radius 1 is 1.40 bits per heavy atom. The van der Waals surface area contributed by atoms with Gasteiger partial charge in [0.25, 0.3) is 0 Å². The second-order valence-electron chi connectivity index (χ2n) is 4.24. The lowest BCUT2D eigenvalue weighted by molar-refractivity contribution is -0.159. The van der Waals surface area contributed by atoms with Crippen LogP contribution >= 0.6 is 0 Å². The number of pyridine rings is 1. The molecule has 0 radical (unpaired) electrons. The van der Waals surface area contributed by atoms with E-state index in [2.05, 4.69) is 16.4 Å². The maximum absolute atomic E-state index is 9.10. The van der Waals surface area contributed by atoms with Crippen LogP contribution in [0, 0.1) is 0 Å². The first-order valence-electron chi connectivity index (χ1n) is 6.27. The van der Waals surface area contributed by atoms with Crippen LogP contribution in [-0.2, 0) is 20.9 Å². The fourth-order valence-corrected chi connectivity index (χ4v) is 1.69. The highest BCUT2D eigenvalue weighted by molar-refractivity contribution is 6.27. The number of carboxylic acids is 2. The predicted octanol–water partition coefficient (Wildman–Crippen LogP) is 0.506. The highest BCUT2D eigenvalue weighted by Crippen LogP contribution is 2.10. The molecule has 1 aromatic rings. The molecule has 1 aliphatic heterocycles. The lowest BCUT2D eigenvalue weighted by Gasteiger charge is -2.10. The number of aliphatic carboxylic acids is 2. The van der Waals surface area contributed by atoms with E-state index in [-0.39, 0.29) is 0 Å². The molecule has 1 aliphatic rings. The molecule has 110 valence electrons. The average molecular weight is 282 g/mol. The highest BCUT2D eigenvalue weighted by Gasteiger charge is 2.14. The largest absolute Gasteiger partial charge is 0.473 e. The molecule has 1 fully saturated rings. The van der Waals surface area contributed by atoms with E-state index in [9.17, 15) is 0 Å². The Morgan fingerprint density at radius 3 is 2.65 bits per heavy atom. The summed E-state index contributed by atoms with van der Waals surface area (Å²) in [6, 6.07) is 4.04. The number of carbonyl (C=O) groups is 2. The van der Waals surface area contributed by atoms with E-state index in [1.807, 2.05) is 12.3 Å². The van der Waals surface area contributed by atoms with Crippen molar-refractivity contribution in [2.45, 2.75) is 25.5 Å². The number of hydrogen-bond donors (Lipinski definition) is 3. The zero-order chi connectivity index (χ0) is 14.8. The Morgan fingerprint density at radius 2 is 2.15 bits per heavy atom. The second-order valence-corrected chi connectivity index (χ2v) is 4.24. The highest BCUT2D eigenvalue weighted by atomic mass is 16.5. The molecule has 1 saturated heterocycles.